The Labute approximate surface area is 107 Å². The van der Waals surface area contributed by atoms with Crippen molar-refractivity contribution < 1.29 is 19.1 Å². The number of carbonyl (C=O) groups excluding carboxylic acids is 3. The molecule has 0 radical (unpaired) electrons. The lowest BCUT2D eigenvalue weighted by Gasteiger charge is -2.21. The molecule has 1 N–H and O–H groups in total. The van der Waals surface area contributed by atoms with Crippen LogP contribution in [0, 0.1) is 11.8 Å². The average Bonchev–Trinajstić information content (AvgIpc) is 2.65. The summed E-state index contributed by atoms with van der Waals surface area (Å²) in [4.78, 5) is 36.4. The highest BCUT2D eigenvalue weighted by atomic mass is 16.5. The van der Waals surface area contributed by atoms with Crippen LogP contribution in [-0.4, -0.2) is 49.4 Å². The molecule has 1 rings (SSSR count). The molecular weight excluding hydrogens is 236 g/mol. The second-order valence-electron chi connectivity index (χ2n) is 4.93. The van der Waals surface area contributed by atoms with E-state index in [0.29, 0.717) is 6.54 Å². The van der Waals surface area contributed by atoms with Crippen LogP contribution in [0.1, 0.15) is 20.3 Å². The third kappa shape index (κ3) is 3.21. The average molecular weight is 256 g/mol. The summed E-state index contributed by atoms with van der Waals surface area (Å²) >= 11 is 0. The van der Waals surface area contributed by atoms with E-state index < -0.39 is 12.0 Å². The van der Waals surface area contributed by atoms with Crippen molar-refractivity contribution in [2.45, 2.75) is 26.3 Å². The van der Waals surface area contributed by atoms with Crippen LogP contribution in [0.2, 0.25) is 0 Å². The van der Waals surface area contributed by atoms with E-state index in [4.69, 9.17) is 0 Å². The van der Waals surface area contributed by atoms with Crippen molar-refractivity contribution in [3.8, 4) is 0 Å². The zero-order chi connectivity index (χ0) is 13.9. The maximum Gasteiger partial charge on any atom is 0.328 e. The molecule has 0 saturated carbocycles. The lowest BCUT2D eigenvalue weighted by atomic mass is 10.0. The third-order valence-electron chi connectivity index (χ3n) is 3.13. The predicted molar refractivity (Wildman–Crippen MR) is 64.5 cm³/mol. The van der Waals surface area contributed by atoms with Crippen LogP contribution < -0.4 is 5.32 Å². The normalized spacial score (nSPS) is 21.1. The minimum absolute atomic E-state index is 0.0469. The molecule has 1 aliphatic heterocycles. The van der Waals surface area contributed by atoms with Gasteiger partial charge in [0.05, 0.1) is 13.0 Å². The molecule has 102 valence electrons. The number of likely N-dealkylation sites (tertiary alicyclic amines) is 1. The summed E-state index contributed by atoms with van der Waals surface area (Å²) in [6, 6.07) is -0.663. The van der Waals surface area contributed by atoms with Gasteiger partial charge in [0, 0.05) is 20.0 Å². The summed E-state index contributed by atoms with van der Waals surface area (Å²) in [6.07, 6.45) is 0.203. The molecule has 1 aliphatic rings. The van der Waals surface area contributed by atoms with Crippen LogP contribution in [0.5, 0.6) is 0 Å². The molecule has 2 unspecified atom stereocenters. The predicted octanol–water partition coefficient (Wildman–Crippen LogP) is -0.221. The zero-order valence-electron chi connectivity index (χ0n) is 11.2. The maximum atomic E-state index is 12.0. The molecule has 0 aromatic heterocycles. The Balaban J connectivity index is 2.62. The van der Waals surface area contributed by atoms with Gasteiger partial charge >= 0.3 is 5.97 Å². The summed E-state index contributed by atoms with van der Waals surface area (Å²) in [5.41, 5.74) is 0. The number of rotatable bonds is 4. The van der Waals surface area contributed by atoms with Crippen molar-refractivity contribution >= 4 is 17.8 Å². The molecule has 6 nitrogen and oxygen atoms in total. The second-order valence-corrected chi connectivity index (χ2v) is 4.93. The number of hydrogen-bond acceptors (Lipinski definition) is 4. The summed E-state index contributed by atoms with van der Waals surface area (Å²) in [7, 11) is 2.95. The van der Waals surface area contributed by atoms with Crippen LogP contribution in [0.3, 0.4) is 0 Å². The van der Waals surface area contributed by atoms with Gasteiger partial charge in [-0.2, -0.15) is 0 Å². The molecule has 1 fully saturated rings. The van der Waals surface area contributed by atoms with E-state index in [2.05, 4.69) is 10.1 Å². The maximum absolute atomic E-state index is 12.0. The summed E-state index contributed by atoms with van der Waals surface area (Å²) in [5.74, 6) is -1.22. The van der Waals surface area contributed by atoms with E-state index in [1.54, 1.807) is 7.05 Å². The first-order valence-electron chi connectivity index (χ1n) is 5.99. The minimum atomic E-state index is -0.663. The topological polar surface area (TPSA) is 75.7 Å². The van der Waals surface area contributed by atoms with Crippen molar-refractivity contribution in [2.24, 2.45) is 11.8 Å². The van der Waals surface area contributed by atoms with Gasteiger partial charge in [-0.25, -0.2) is 4.79 Å². The Kier molecular flexibility index (Phi) is 4.69. The molecule has 0 spiro atoms. The van der Waals surface area contributed by atoms with Gasteiger partial charge in [0.2, 0.25) is 11.8 Å². The Morgan fingerprint density at radius 3 is 2.44 bits per heavy atom. The number of amides is 2. The fourth-order valence-electron chi connectivity index (χ4n) is 1.94. The SMILES string of the molecule is COC(=O)C(NC(=O)C1CC(=O)N(C)C1)C(C)C. The van der Waals surface area contributed by atoms with Crippen LogP contribution >= 0.6 is 0 Å². The van der Waals surface area contributed by atoms with Crippen LogP contribution in [0.25, 0.3) is 0 Å². The number of esters is 1. The van der Waals surface area contributed by atoms with Gasteiger partial charge in [0.25, 0.3) is 0 Å². The van der Waals surface area contributed by atoms with E-state index in [1.807, 2.05) is 13.8 Å². The largest absolute Gasteiger partial charge is 0.467 e. The van der Waals surface area contributed by atoms with Crippen molar-refractivity contribution in [1.29, 1.82) is 0 Å². The Hall–Kier alpha value is -1.59. The first-order chi connectivity index (χ1) is 8.36. The van der Waals surface area contributed by atoms with Gasteiger partial charge in [0.15, 0.2) is 0 Å². The highest BCUT2D eigenvalue weighted by Gasteiger charge is 2.34. The fourth-order valence-corrected chi connectivity index (χ4v) is 1.94. The van der Waals surface area contributed by atoms with Gasteiger partial charge < -0.3 is 15.0 Å². The standard InChI is InChI=1S/C12H20N2O4/c1-7(2)10(12(17)18-4)13-11(16)8-5-9(15)14(3)6-8/h7-8,10H,5-6H2,1-4H3,(H,13,16). The monoisotopic (exact) mass is 256 g/mol. The number of hydrogen-bond donors (Lipinski definition) is 1. The summed E-state index contributed by atoms with van der Waals surface area (Å²) in [5, 5.41) is 2.66. The van der Waals surface area contributed by atoms with Gasteiger partial charge in [-0.15, -0.1) is 0 Å². The molecule has 2 atom stereocenters. The second kappa shape index (κ2) is 5.84. The summed E-state index contributed by atoms with van der Waals surface area (Å²) < 4.78 is 4.65. The quantitative estimate of drug-likeness (QED) is 0.705. The van der Waals surface area contributed by atoms with Crippen LogP contribution in [-0.2, 0) is 19.1 Å². The first kappa shape index (κ1) is 14.5. The molecule has 1 saturated heterocycles. The highest BCUT2D eigenvalue weighted by molar-refractivity contribution is 5.91. The van der Waals surface area contributed by atoms with Gasteiger partial charge in [-0.05, 0) is 5.92 Å². The van der Waals surface area contributed by atoms with Gasteiger partial charge in [-0.3, -0.25) is 9.59 Å². The lowest BCUT2D eigenvalue weighted by molar-refractivity contribution is -0.146. The molecule has 0 aromatic rings. The van der Waals surface area contributed by atoms with Crippen molar-refractivity contribution in [1.82, 2.24) is 10.2 Å². The Morgan fingerprint density at radius 1 is 1.44 bits per heavy atom. The van der Waals surface area contributed by atoms with E-state index in [0.717, 1.165) is 0 Å². The molecule has 0 bridgehead atoms. The van der Waals surface area contributed by atoms with Crippen molar-refractivity contribution in [2.75, 3.05) is 20.7 Å². The minimum Gasteiger partial charge on any atom is -0.467 e. The number of methoxy groups -OCH3 is 1. The number of ether oxygens (including phenoxy) is 1. The molecule has 18 heavy (non-hydrogen) atoms. The molecule has 2 amide bonds. The first-order valence-corrected chi connectivity index (χ1v) is 5.99. The Morgan fingerprint density at radius 2 is 2.06 bits per heavy atom. The molecule has 1 heterocycles. The number of nitrogens with one attached hydrogen (secondary N) is 1. The van der Waals surface area contributed by atoms with Crippen molar-refractivity contribution in [3.05, 3.63) is 0 Å². The fraction of sp³-hybridized carbons (Fsp3) is 0.750. The molecule has 6 heteroatoms. The van der Waals surface area contributed by atoms with Crippen LogP contribution in [0.4, 0.5) is 0 Å². The van der Waals surface area contributed by atoms with Crippen LogP contribution in [0.15, 0.2) is 0 Å². The zero-order valence-corrected chi connectivity index (χ0v) is 11.2. The van der Waals surface area contributed by atoms with E-state index in [9.17, 15) is 14.4 Å². The summed E-state index contributed by atoms with van der Waals surface area (Å²) in [6.45, 7) is 4.05. The van der Waals surface area contributed by atoms with E-state index in [-0.39, 0.29) is 30.1 Å². The smallest absolute Gasteiger partial charge is 0.328 e. The number of carbonyl (C=O) groups is 3. The number of nitrogens with zero attached hydrogens (tertiary/aromatic N) is 1. The molecule has 0 aromatic carbocycles. The highest BCUT2D eigenvalue weighted by Crippen LogP contribution is 2.17. The molecular formula is C12H20N2O4. The third-order valence-corrected chi connectivity index (χ3v) is 3.13. The van der Waals surface area contributed by atoms with Gasteiger partial charge in [-0.1, -0.05) is 13.8 Å². The van der Waals surface area contributed by atoms with E-state index >= 15 is 0 Å². The van der Waals surface area contributed by atoms with Crippen molar-refractivity contribution in [3.63, 3.8) is 0 Å². The van der Waals surface area contributed by atoms with Gasteiger partial charge in [0.1, 0.15) is 6.04 Å². The Bertz CT molecular complexity index is 354. The van der Waals surface area contributed by atoms with E-state index in [1.165, 1.54) is 12.0 Å². The lowest BCUT2D eigenvalue weighted by Crippen LogP contribution is -2.47. The molecule has 0 aliphatic carbocycles.